The molecule has 1 fully saturated rings. The number of ether oxygens (including phenoxy) is 1. The third kappa shape index (κ3) is 3.51. The van der Waals surface area contributed by atoms with Crippen LogP contribution in [-0.2, 0) is 16.1 Å². The van der Waals surface area contributed by atoms with Gasteiger partial charge in [0.1, 0.15) is 6.61 Å². The van der Waals surface area contributed by atoms with Gasteiger partial charge in [-0.1, -0.05) is 30.3 Å². The second-order valence-corrected chi connectivity index (χ2v) is 4.88. The van der Waals surface area contributed by atoms with Crippen molar-refractivity contribution in [3.8, 4) is 0 Å². The molecule has 0 spiro atoms. The molecule has 1 saturated heterocycles. The highest BCUT2D eigenvalue weighted by Gasteiger charge is 2.31. The summed E-state index contributed by atoms with van der Waals surface area (Å²) in [6.45, 7) is 1.65. The standard InChI is InChI=1S/C13H18BN3O3/c14-17-7-6-16(8-11(17)12(15)18)13(19)20-9-10-4-2-1-3-5-10/h1-5,11H,6-9,14H2,(H2,15,18). The van der Waals surface area contributed by atoms with Gasteiger partial charge in [-0.15, -0.1) is 0 Å². The topological polar surface area (TPSA) is 75.9 Å². The number of nitrogens with two attached hydrogens (primary N) is 1. The second-order valence-electron chi connectivity index (χ2n) is 4.88. The zero-order valence-electron chi connectivity index (χ0n) is 11.5. The van der Waals surface area contributed by atoms with Crippen LogP contribution in [0.1, 0.15) is 5.56 Å². The molecule has 1 aromatic rings. The molecule has 1 aliphatic heterocycles. The van der Waals surface area contributed by atoms with Crippen molar-refractivity contribution in [1.29, 1.82) is 0 Å². The van der Waals surface area contributed by atoms with E-state index in [1.807, 2.05) is 43.1 Å². The molecule has 6 nitrogen and oxygen atoms in total. The number of amides is 2. The summed E-state index contributed by atoms with van der Waals surface area (Å²) in [4.78, 5) is 26.7. The molecule has 2 amide bonds. The summed E-state index contributed by atoms with van der Waals surface area (Å²) in [5.41, 5.74) is 6.26. The van der Waals surface area contributed by atoms with E-state index in [1.165, 1.54) is 4.90 Å². The summed E-state index contributed by atoms with van der Waals surface area (Å²) in [6, 6.07) is 9.02. The Hall–Kier alpha value is -2.02. The van der Waals surface area contributed by atoms with Gasteiger partial charge < -0.3 is 20.2 Å². The fourth-order valence-corrected chi connectivity index (χ4v) is 2.16. The summed E-state index contributed by atoms with van der Waals surface area (Å²) < 4.78 is 5.25. The minimum absolute atomic E-state index is 0.229. The lowest BCUT2D eigenvalue weighted by molar-refractivity contribution is -0.123. The van der Waals surface area contributed by atoms with E-state index in [2.05, 4.69) is 0 Å². The summed E-state index contributed by atoms with van der Waals surface area (Å²) >= 11 is 0. The molecule has 106 valence electrons. The van der Waals surface area contributed by atoms with Crippen molar-refractivity contribution in [3.05, 3.63) is 35.9 Å². The van der Waals surface area contributed by atoms with Crippen molar-refractivity contribution in [2.45, 2.75) is 12.6 Å². The highest BCUT2D eigenvalue weighted by Crippen LogP contribution is 2.10. The van der Waals surface area contributed by atoms with Gasteiger partial charge in [0.15, 0.2) is 7.98 Å². The number of piperazine rings is 1. The predicted octanol–water partition coefficient (Wildman–Crippen LogP) is -0.657. The summed E-state index contributed by atoms with van der Waals surface area (Å²) in [7, 11) is 1.82. The van der Waals surface area contributed by atoms with Crippen LogP contribution in [0.3, 0.4) is 0 Å². The SMILES string of the molecule is BN1CCN(C(=O)OCc2ccccc2)CC1C(N)=O. The van der Waals surface area contributed by atoms with E-state index in [9.17, 15) is 9.59 Å². The molecule has 1 aromatic carbocycles. The molecule has 1 unspecified atom stereocenters. The van der Waals surface area contributed by atoms with Crippen LogP contribution in [0.15, 0.2) is 30.3 Å². The van der Waals surface area contributed by atoms with Crippen molar-refractivity contribution < 1.29 is 14.3 Å². The summed E-state index contributed by atoms with van der Waals surface area (Å²) in [5, 5.41) is 0. The van der Waals surface area contributed by atoms with Crippen LogP contribution in [0.2, 0.25) is 0 Å². The molecule has 0 saturated carbocycles. The fourth-order valence-electron chi connectivity index (χ4n) is 2.16. The first-order valence-electron chi connectivity index (χ1n) is 6.53. The Morgan fingerprint density at radius 3 is 2.65 bits per heavy atom. The fraction of sp³-hybridized carbons (Fsp3) is 0.385. The van der Waals surface area contributed by atoms with Crippen LogP contribution in [0.5, 0.6) is 0 Å². The van der Waals surface area contributed by atoms with Crippen LogP contribution < -0.4 is 5.73 Å². The first kappa shape index (κ1) is 14.4. The smallest absolute Gasteiger partial charge is 0.410 e. The van der Waals surface area contributed by atoms with Crippen molar-refractivity contribution in [3.63, 3.8) is 0 Å². The first-order chi connectivity index (χ1) is 9.58. The molecule has 0 bridgehead atoms. The Balaban J connectivity index is 1.88. The van der Waals surface area contributed by atoms with Crippen LogP contribution in [-0.4, -0.2) is 55.4 Å². The van der Waals surface area contributed by atoms with E-state index < -0.39 is 18.0 Å². The van der Waals surface area contributed by atoms with Gasteiger partial charge in [0.25, 0.3) is 0 Å². The van der Waals surface area contributed by atoms with Crippen molar-refractivity contribution in [2.75, 3.05) is 19.6 Å². The average molecular weight is 275 g/mol. The monoisotopic (exact) mass is 275 g/mol. The molecular weight excluding hydrogens is 257 g/mol. The molecule has 7 heteroatoms. The number of benzene rings is 1. The number of hydrogen-bond donors (Lipinski definition) is 1. The Labute approximate surface area is 118 Å². The van der Waals surface area contributed by atoms with Gasteiger partial charge >= 0.3 is 6.09 Å². The number of carbonyl (C=O) groups excluding carboxylic acids is 2. The average Bonchev–Trinajstić information content (AvgIpc) is 2.46. The zero-order chi connectivity index (χ0) is 14.5. The van der Waals surface area contributed by atoms with E-state index >= 15 is 0 Å². The number of nitrogens with zero attached hydrogens (tertiary/aromatic N) is 2. The Kier molecular flexibility index (Phi) is 4.63. The zero-order valence-corrected chi connectivity index (χ0v) is 11.5. The molecule has 1 aliphatic rings. The lowest BCUT2D eigenvalue weighted by Gasteiger charge is -2.37. The van der Waals surface area contributed by atoms with Gasteiger partial charge in [0.2, 0.25) is 5.91 Å². The molecule has 0 aliphatic carbocycles. The highest BCUT2D eigenvalue weighted by molar-refractivity contribution is 6.07. The number of rotatable bonds is 3. The minimum atomic E-state index is -0.451. The molecule has 0 radical (unpaired) electrons. The van der Waals surface area contributed by atoms with E-state index in [-0.39, 0.29) is 13.2 Å². The van der Waals surface area contributed by atoms with E-state index in [4.69, 9.17) is 10.5 Å². The highest BCUT2D eigenvalue weighted by atomic mass is 16.6. The lowest BCUT2D eigenvalue weighted by Crippen LogP contribution is -2.58. The maximum absolute atomic E-state index is 12.0. The molecule has 1 atom stereocenters. The van der Waals surface area contributed by atoms with Crippen LogP contribution in [0, 0.1) is 0 Å². The van der Waals surface area contributed by atoms with Gasteiger partial charge in [-0.05, 0) is 5.56 Å². The number of carbonyl (C=O) groups is 2. The van der Waals surface area contributed by atoms with Gasteiger partial charge in [0.05, 0.1) is 6.04 Å². The van der Waals surface area contributed by atoms with Crippen LogP contribution in [0.4, 0.5) is 4.79 Å². The Bertz CT molecular complexity index is 483. The molecule has 1 heterocycles. The molecule has 20 heavy (non-hydrogen) atoms. The largest absolute Gasteiger partial charge is 0.445 e. The van der Waals surface area contributed by atoms with Gasteiger partial charge in [-0.25, -0.2) is 4.79 Å². The maximum atomic E-state index is 12.0. The number of hydrogen-bond acceptors (Lipinski definition) is 4. The maximum Gasteiger partial charge on any atom is 0.410 e. The van der Waals surface area contributed by atoms with Gasteiger partial charge in [0, 0.05) is 19.6 Å². The first-order valence-corrected chi connectivity index (χ1v) is 6.53. The molecule has 2 rings (SSSR count). The Morgan fingerprint density at radius 2 is 2.00 bits per heavy atom. The van der Waals surface area contributed by atoms with Gasteiger partial charge in [-0.3, -0.25) is 4.79 Å². The third-order valence-electron chi connectivity index (χ3n) is 3.44. The van der Waals surface area contributed by atoms with Crippen LogP contribution in [0.25, 0.3) is 0 Å². The normalized spacial score (nSPS) is 19.6. The minimum Gasteiger partial charge on any atom is -0.445 e. The molecular formula is C13H18BN3O3. The summed E-state index contributed by atoms with van der Waals surface area (Å²) in [6.07, 6.45) is -0.409. The van der Waals surface area contributed by atoms with E-state index in [0.29, 0.717) is 13.1 Å². The third-order valence-corrected chi connectivity index (χ3v) is 3.44. The second kappa shape index (κ2) is 6.43. The molecule has 0 aromatic heterocycles. The van der Waals surface area contributed by atoms with Crippen molar-refractivity contribution in [2.24, 2.45) is 5.73 Å². The molecule has 2 N–H and O–H groups in total. The van der Waals surface area contributed by atoms with Crippen molar-refractivity contribution >= 4 is 20.0 Å². The number of primary amides is 1. The lowest BCUT2D eigenvalue weighted by atomic mass is 10.1. The van der Waals surface area contributed by atoms with E-state index in [0.717, 1.165) is 5.56 Å². The van der Waals surface area contributed by atoms with E-state index in [1.54, 1.807) is 0 Å². The quantitative estimate of drug-likeness (QED) is 0.743. The Morgan fingerprint density at radius 1 is 1.30 bits per heavy atom. The van der Waals surface area contributed by atoms with Crippen molar-refractivity contribution in [1.82, 2.24) is 9.71 Å². The van der Waals surface area contributed by atoms with Crippen LogP contribution >= 0.6 is 0 Å². The summed E-state index contributed by atoms with van der Waals surface area (Å²) in [5.74, 6) is -0.423. The predicted molar refractivity (Wildman–Crippen MR) is 76.4 cm³/mol. The van der Waals surface area contributed by atoms with Gasteiger partial charge in [-0.2, -0.15) is 0 Å².